The van der Waals surface area contributed by atoms with Gasteiger partial charge in [-0.2, -0.15) is 5.10 Å². The molecule has 0 atom stereocenters. The van der Waals surface area contributed by atoms with Crippen molar-refractivity contribution in [3.05, 3.63) is 48.6 Å². The van der Waals surface area contributed by atoms with Crippen LogP contribution in [0.25, 0.3) is 17.1 Å². The van der Waals surface area contributed by atoms with E-state index in [-0.39, 0.29) is 5.82 Å². The fourth-order valence-corrected chi connectivity index (χ4v) is 2.32. The SMILES string of the molecule is Fc1cccc2c1-c1ncnn1Cc1cncn1-2. The third-order valence-electron chi connectivity index (χ3n) is 3.12. The molecule has 0 spiro atoms. The van der Waals surface area contributed by atoms with E-state index in [0.29, 0.717) is 17.9 Å². The highest BCUT2D eigenvalue weighted by molar-refractivity contribution is 5.69. The van der Waals surface area contributed by atoms with Gasteiger partial charge in [0.15, 0.2) is 5.82 Å². The number of benzene rings is 1. The fourth-order valence-electron chi connectivity index (χ4n) is 2.32. The minimum absolute atomic E-state index is 0.302. The summed E-state index contributed by atoms with van der Waals surface area (Å²) in [6, 6.07) is 4.97. The van der Waals surface area contributed by atoms with Crippen molar-refractivity contribution in [2.24, 2.45) is 0 Å². The molecule has 0 aliphatic carbocycles. The molecule has 6 heteroatoms. The average molecular weight is 241 g/mol. The second kappa shape index (κ2) is 3.25. The Balaban J connectivity index is 2.17. The van der Waals surface area contributed by atoms with Crippen LogP contribution in [-0.2, 0) is 6.54 Å². The van der Waals surface area contributed by atoms with Gasteiger partial charge in [-0.3, -0.25) is 0 Å². The van der Waals surface area contributed by atoms with E-state index in [1.165, 1.54) is 12.4 Å². The number of rotatable bonds is 0. The second-order valence-electron chi connectivity index (χ2n) is 4.13. The van der Waals surface area contributed by atoms with E-state index in [2.05, 4.69) is 15.1 Å². The van der Waals surface area contributed by atoms with Crippen LogP contribution in [0.15, 0.2) is 37.1 Å². The highest BCUT2D eigenvalue weighted by atomic mass is 19.1. The van der Waals surface area contributed by atoms with Gasteiger partial charge in [0.05, 0.1) is 36.0 Å². The quantitative estimate of drug-likeness (QED) is 0.470. The van der Waals surface area contributed by atoms with Crippen LogP contribution in [0.1, 0.15) is 5.69 Å². The lowest BCUT2D eigenvalue weighted by Gasteiger charge is -2.08. The van der Waals surface area contributed by atoms with Crippen LogP contribution >= 0.6 is 0 Å². The van der Waals surface area contributed by atoms with Crippen molar-refractivity contribution in [3.63, 3.8) is 0 Å². The zero-order chi connectivity index (χ0) is 12.1. The van der Waals surface area contributed by atoms with Crippen LogP contribution in [0.2, 0.25) is 0 Å². The smallest absolute Gasteiger partial charge is 0.163 e. The first-order valence-corrected chi connectivity index (χ1v) is 5.53. The van der Waals surface area contributed by atoms with Crippen molar-refractivity contribution < 1.29 is 4.39 Å². The Morgan fingerprint density at radius 1 is 1.28 bits per heavy atom. The summed E-state index contributed by atoms with van der Waals surface area (Å²) in [5.41, 5.74) is 2.16. The van der Waals surface area contributed by atoms with E-state index in [1.54, 1.807) is 23.3 Å². The Labute approximate surface area is 102 Å². The molecule has 88 valence electrons. The summed E-state index contributed by atoms with van der Waals surface area (Å²) in [6.07, 6.45) is 4.88. The van der Waals surface area contributed by atoms with Gasteiger partial charge < -0.3 is 4.57 Å². The van der Waals surface area contributed by atoms with Crippen molar-refractivity contribution in [1.29, 1.82) is 0 Å². The lowest BCUT2D eigenvalue weighted by atomic mass is 10.1. The molecule has 1 aromatic carbocycles. The Hall–Kier alpha value is -2.50. The molecule has 1 aliphatic rings. The molecule has 3 heterocycles. The van der Waals surface area contributed by atoms with Gasteiger partial charge in [0.25, 0.3) is 0 Å². The fraction of sp³-hybridized carbons (Fsp3) is 0.0833. The monoisotopic (exact) mass is 241 g/mol. The summed E-state index contributed by atoms with van der Waals surface area (Å²) in [5.74, 6) is 0.245. The molecular formula is C12H8FN5. The van der Waals surface area contributed by atoms with E-state index >= 15 is 0 Å². The molecule has 0 amide bonds. The molecule has 0 saturated heterocycles. The Bertz CT molecular complexity index is 743. The van der Waals surface area contributed by atoms with Crippen LogP contribution in [0.5, 0.6) is 0 Å². The maximum atomic E-state index is 14.1. The molecule has 0 N–H and O–H groups in total. The first-order chi connectivity index (χ1) is 8.84. The van der Waals surface area contributed by atoms with Gasteiger partial charge in [0.1, 0.15) is 12.1 Å². The molecule has 0 unspecified atom stereocenters. The number of nitrogens with zero attached hydrogens (tertiary/aromatic N) is 5. The van der Waals surface area contributed by atoms with Gasteiger partial charge in [-0.1, -0.05) is 6.07 Å². The number of fused-ring (bicyclic) bond motifs is 5. The third kappa shape index (κ3) is 1.11. The lowest BCUT2D eigenvalue weighted by Crippen LogP contribution is -2.03. The van der Waals surface area contributed by atoms with Gasteiger partial charge in [-0.25, -0.2) is 19.0 Å². The number of hydrogen-bond donors (Lipinski definition) is 0. The lowest BCUT2D eigenvalue weighted by molar-refractivity contribution is 0.625. The van der Waals surface area contributed by atoms with Crippen LogP contribution < -0.4 is 0 Å². The minimum Gasteiger partial charge on any atom is -0.301 e. The summed E-state index contributed by atoms with van der Waals surface area (Å²) >= 11 is 0. The molecule has 0 fully saturated rings. The van der Waals surface area contributed by atoms with E-state index < -0.39 is 0 Å². The largest absolute Gasteiger partial charge is 0.301 e. The van der Waals surface area contributed by atoms with Crippen molar-refractivity contribution in [2.75, 3.05) is 0 Å². The van der Waals surface area contributed by atoms with Crippen molar-refractivity contribution in [3.8, 4) is 17.1 Å². The van der Waals surface area contributed by atoms with E-state index in [9.17, 15) is 4.39 Å². The summed E-state index contributed by atoms with van der Waals surface area (Å²) in [5, 5.41) is 4.13. The first-order valence-electron chi connectivity index (χ1n) is 5.53. The zero-order valence-corrected chi connectivity index (χ0v) is 9.29. The van der Waals surface area contributed by atoms with Crippen LogP contribution in [0.3, 0.4) is 0 Å². The molecule has 0 saturated carbocycles. The zero-order valence-electron chi connectivity index (χ0n) is 9.29. The Kier molecular flexibility index (Phi) is 1.72. The summed E-state index contributed by atoms with van der Waals surface area (Å²) in [4.78, 5) is 8.27. The topological polar surface area (TPSA) is 48.5 Å². The molecular weight excluding hydrogens is 233 g/mol. The minimum atomic E-state index is -0.302. The van der Waals surface area contributed by atoms with Gasteiger partial charge in [-0.15, -0.1) is 0 Å². The molecule has 5 nitrogen and oxygen atoms in total. The predicted molar refractivity (Wildman–Crippen MR) is 61.6 cm³/mol. The summed E-state index contributed by atoms with van der Waals surface area (Å²) < 4.78 is 17.6. The van der Waals surface area contributed by atoms with Crippen LogP contribution in [0.4, 0.5) is 4.39 Å². The van der Waals surface area contributed by atoms with Gasteiger partial charge >= 0.3 is 0 Å². The third-order valence-corrected chi connectivity index (χ3v) is 3.12. The van der Waals surface area contributed by atoms with Crippen molar-refractivity contribution >= 4 is 0 Å². The number of imidazole rings is 1. The average Bonchev–Trinajstić information content (AvgIpc) is 2.97. The van der Waals surface area contributed by atoms with Gasteiger partial charge in [0.2, 0.25) is 0 Å². The summed E-state index contributed by atoms with van der Waals surface area (Å²) in [7, 11) is 0. The summed E-state index contributed by atoms with van der Waals surface area (Å²) in [6.45, 7) is 0.531. The standard InChI is InChI=1S/C12H8FN5/c13-9-2-1-3-10-11(9)12-15-6-16-18(12)5-8-4-14-7-17(8)10/h1-4,6-7H,5H2. The van der Waals surface area contributed by atoms with E-state index in [4.69, 9.17) is 0 Å². The second-order valence-corrected chi connectivity index (χ2v) is 4.13. The number of hydrogen-bond acceptors (Lipinski definition) is 3. The number of halogens is 1. The van der Waals surface area contributed by atoms with E-state index in [1.807, 2.05) is 10.6 Å². The molecule has 2 aromatic heterocycles. The molecule has 18 heavy (non-hydrogen) atoms. The van der Waals surface area contributed by atoms with Crippen LogP contribution in [-0.4, -0.2) is 24.3 Å². The van der Waals surface area contributed by atoms with Crippen LogP contribution in [0, 0.1) is 5.82 Å². The molecule has 0 bridgehead atoms. The molecule has 4 rings (SSSR count). The molecule has 0 radical (unpaired) electrons. The van der Waals surface area contributed by atoms with Gasteiger partial charge in [0, 0.05) is 0 Å². The number of aromatic nitrogens is 5. The van der Waals surface area contributed by atoms with E-state index in [0.717, 1.165) is 11.4 Å². The predicted octanol–water partition coefficient (Wildman–Crippen LogP) is 1.63. The van der Waals surface area contributed by atoms with Crippen molar-refractivity contribution in [1.82, 2.24) is 24.3 Å². The highest BCUT2D eigenvalue weighted by Crippen LogP contribution is 2.31. The first kappa shape index (κ1) is 9.52. The molecule has 1 aliphatic heterocycles. The maximum Gasteiger partial charge on any atom is 0.163 e. The highest BCUT2D eigenvalue weighted by Gasteiger charge is 2.23. The van der Waals surface area contributed by atoms with Crippen molar-refractivity contribution in [2.45, 2.75) is 6.54 Å². The molecule has 3 aromatic rings. The Morgan fingerprint density at radius 2 is 2.22 bits per heavy atom. The Morgan fingerprint density at radius 3 is 3.17 bits per heavy atom. The van der Waals surface area contributed by atoms with Gasteiger partial charge in [-0.05, 0) is 12.1 Å². The maximum absolute atomic E-state index is 14.1. The normalized spacial score (nSPS) is 12.5.